The molecule has 1 aliphatic heterocycles. The van der Waals surface area contributed by atoms with Crippen LogP contribution in [0.5, 0.6) is 0 Å². The molecule has 0 atom stereocenters. The van der Waals surface area contributed by atoms with Gasteiger partial charge in [-0.15, -0.1) is 0 Å². The van der Waals surface area contributed by atoms with Gasteiger partial charge in [-0.2, -0.15) is 0 Å². The standard InChI is InChI=1S/C22H28N4O/c1-21(2)12-18(13-22(3,4)26-21)27-20(24)8-7-19(23)16-6-5-15-9-10-25-14-17(15)11-16/h5-11,14,18,23-24,26H,12-13H2,1-4H3/b8-7-,23-19?,24-20?. The maximum Gasteiger partial charge on any atom is 0.206 e. The van der Waals surface area contributed by atoms with Crippen molar-refractivity contribution in [3.63, 3.8) is 0 Å². The maximum atomic E-state index is 8.27. The van der Waals surface area contributed by atoms with E-state index in [1.807, 2.05) is 24.3 Å². The summed E-state index contributed by atoms with van der Waals surface area (Å²) in [5.74, 6) is 0.0979. The van der Waals surface area contributed by atoms with Crippen LogP contribution < -0.4 is 5.32 Å². The minimum Gasteiger partial charge on any atom is -0.475 e. The Morgan fingerprint density at radius 2 is 1.78 bits per heavy atom. The van der Waals surface area contributed by atoms with Gasteiger partial charge in [0.25, 0.3) is 0 Å². The van der Waals surface area contributed by atoms with Crippen LogP contribution in [0.15, 0.2) is 48.8 Å². The lowest BCUT2D eigenvalue weighted by molar-refractivity contribution is 0.0485. The number of hydrogen-bond acceptors (Lipinski definition) is 5. The van der Waals surface area contributed by atoms with Gasteiger partial charge in [-0.1, -0.05) is 12.1 Å². The molecule has 1 aromatic carbocycles. The quantitative estimate of drug-likeness (QED) is 0.553. The topological polar surface area (TPSA) is 81.8 Å². The number of nitrogens with zero attached hydrogens (tertiary/aromatic N) is 1. The molecule has 5 nitrogen and oxygen atoms in total. The zero-order valence-corrected chi connectivity index (χ0v) is 16.5. The Morgan fingerprint density at radius 1 is 1.07 bits per heavy atom. The predicted octanol–water partition coefficient (Wildman–Crippen LogP) is 4.46. The average Bonchev–Trinajstić information content (AvgIpc) is 2.56. The van der Waals surface area contributed by atoms with E-state index in [0.717, 1.165) is 29.2 Å². The van der Waals surface area contributed by atoms with Crippen molar-refractivity contribution >= 4 is 22.4 Å². The molecular weight excluding hydrogens is 336 g/mol. The van der Waals surface area contributed by atoms with E-state index in [1.54, 1.807) is 24.5 Å². The number of pyridine rings is 1. The van der Waals surface area contributed by atoms with Crippen molar-refractivity contribution in [1.82, 2.24) is 10.3 Å². The number of hydrogen-bond donors (Lipinski definition) is 3. The normalized spacial score (nSPS) is 19.3. The van der Waals surface area contributed by atoms with Gasteiger partial charge in [0, 0.05) is 53.3 Å². The molecule has 1 aliphatic rings. The van der Waals surface area contributed by atoms with Crippen LogP contribution in [-0.2, 0) is 4.74 Å². The van der Waals surface area contributed by atoms with Crippen LogP contribution in [0, 0.1) is 10.8 Å². The summed E-state index contributed by atoms with van der Waals surface area (Å²) in [5.41, 5.74) is 1.09. The molecule has 0 unspecified atom stereocenters. The summed E-state index contributed by atoms with van der Waals surface area (Å²) in [6, 6.07) is 7.79. The first-order valence-corrected chi connectivity index (χ1v) is 9.29. The molecule has 0 bridgehead atoms. The lowest BCUT2D eigenvalue weighted by atomic mass is 9.81. The van der Waals surface area contributed by atoms with Gasteiger partial charge in [-0.05, 0) is 51.3 Å². The van der Waals surface area contributed by atoms with Gasteiger partial charge in [0.1, 0.15) is 6.10 Å². The van der Waals surface area contributed by atoms with E-state index in [9.17, 15) is 0 Å². The lowest BCUT2D eigenvalue weighted by Gasteiger charge is -2.46. The van der Waals surface area contributed by atoms with Gasteiger partial charge in [0.2, 0.25) is 5.90 Å². The summed E-state index contributed by atoms with van der Waals surface area (Å²) in [6.07, 6.45) is 8.43. The molecule has 0 aliphatic carbocycles. The minimum absolute atomic E-state index is 0.00525. The van der Waals surface area contributed by atoms with Crippen LogP contribution in [0.4, 0.5) is 0 Å². The molecule has 1 saturated heterocycles. The third-order valence-corrected chi connectivity index (χ3v) is 4.80. The Morgan fingerprint density at radius 3 is 2.48 bits per heavy atom. The van der Waals surface area contributed by atoms with Gasteiger partial charge in [-0.25, -0.2) is 0 Å². The molecule has 1 fully saturated rings. The van der Waals surface area contributed by atoms with Crippen molar-refractivity contribution in [3.05, 3.63) is 54.4 Å². The van der Waals surface area contributed by atoms with Crippen LogP contribution in [-0.4, -0.2) is 33.8 Å². The largest absolute Gasteiger partial charge is 0.475 e. The summed E-state index contributed by atoms with van der Waals surface area (Å²) in [4.78, 5) is 4.13. The highest BCUT2D eigenvalue weighted by Crippen LogP contribution is 2.30. The Kier molecular flexibility index (Phi) is 5.16. The van der Waals surface area contributed by atoms with Gasteiger partial charge in [0.15, 0.2) is 0 Å². The SMILES string of the molecule is CC1(C)CC(OC(=N)/C=C\C(=N)c2ccc3ccncc3c2)CC(C)(C)N1. The molecule has 2 heterocycles. The zero-order valence-electron chi connectivity index (χ0n) is 16.5. The van der Waals surface area contributed by atoms with Crippen LogP contribution >= 0.6 is 0 Å². The highest BCUT2D eigenvalue weighted by Gasteiger charge is 2.38. The summed E-state index contributed by atoms with van der Waals surface area (Å²) >= 11 is 0. The molecule has 1 aromatic heterocycles. The number of nitrogens with one attached hydrogen (secondary N) is 3. The van der Waals surface area contributed by atoms with E-state index in [0.29, 0.717) is 5.71 Å². The fourth-order valence-electron chi connectivity index (χ4n) is 4.04. The number of piperidine rings is 1. The van der Waals surface area contributed by atoms with E-state index >= 15 is 0 Å². The monoisotopic (exact) mass is 364 g/mol. The Bertz CT molecular complexity index is 882. The molecule has 0 radical (unpaired) electrons. The molecule has 0 spiro atoms. The molecule has 0 saturated carbocycles. The molecular formula is C22H28N4O. The first-order chi connectivity index (χ1) is 12.6. The van der Waals surface area contributed by atoms with Crippen LogP contribution in [0.3, 0.4) is 0 Å². The van der Waals surface area contributed by atoms with Crippen molar-refractivity contribution in [2.45, 2.75) is 57.7 Å². The number of benzene rings is 1. The Hall–Kier alpha value is -2.53. The van der Waals surface area contributed by atoms with E-state index in [2.05, 4.69) is 38.0 Å². The van der Waals surface area contributed by atoms with E-state index in [4.69, 9.17) is 15.6 Å². The van der Waals surface area contributed by atoms with E-state index < -0.39 is 0 Å². The third-order valence-electron chi connectivity index (χ3n) is 4.80. The number of ether oxygens (including phenoxy) is 1. The number of aromatic nitrogens is 1. The molecule has 2 aromatic rings. The lowest BCUT2D eigenvalue weighted by Crippen LogP contribution is -2.59. The highest BCUT2D eigenvalue weighted by atomic mass is 16.5. The first-order valence-electron chi connectivity index (χ1n) is 9.29. The van der Waals surface area contributed by atoms with Crippen LogP contribution in [0.2, 0.25) is 0 Å². The van der Waals surface area contributed by atoms with Crippen molar-refractivity contribution in [2.24, 2.45) is 0 Å². The van der Waals surface area contributed by atoms with Gasteiger partial charge in [0.05, 0.1) is 5.71 Å². The molecule has 142 valence electrons. The minimum atomic E-state index is -0.0255. The number of fused-ring (bicyclic) bond motifs is 1. The van der Waals surface area contributed by atoms with Crippen molar-refractivity contribution in [1.29, 1.82) is 10.8 Å². The molecule has 5 heteroatoms. The van der Waals surface area contributed by atoms with Crippen LogP contribution in [0.25, 0.3) is 10.8 Å². The highest BCUT2D eigenvalue weighted by molar-refractivity contribution is 6.10. The third kappa shape index (κ3) is 5.01. The summed E-state index contributed by atoms with van der Waals surface area (Å²) in [7, 11) is 0. The second-order valence-corrected chi connectivity index (χ2v) is 8.59. The molecule has 0 amide bonds. The fraction of sp³-hybridized carbons (Fsp3) is 0.409. The number of allylic oxidation sites excluding steroid dienone is 1. The average molecular weight is 364 g/mol. The van der Waals surface area contributed by atoms with E-state index in [1.165, 1.54) is 0 Å². The maximum absolute atomic E-state index is 8.27. The molecule has 27 heavy (non-hydrogen) atoms. The number of rotatable bonds is 4. The van der Waals surface area contributed by atoms with Gasteiger partial charge >= 0.3 is 0 Å². The van der Waals surface area contributed by atoms with Crippen molar-refractivity contribution in [2.75, 3.05) is 0 Å². The van der Waals surface area contributed by atoms with Crippen LogP contribution in [0.1, 0.15) is 46.1 Å². The first kappa shape index (κ1) is 19.2. The van der Waals surface area contributed by atoms with Crippen molar-refractivity contribution < 1.29 is 4.74 Å². The summed E-state index contributed by atoms with van der Waals surface area (Å²) < 4.78 is 5.87. The Balaban J connectivity index is 1.64. The van der Waals surface area contributed by atoms with Crippen molar-refractivity contribution in [3.8, 4) is 0 Å². The fourth-order valence-corrected chi connectivity index (χ4v) is 4.04. The molecule has 3 rings (SSSR count). The molecule has 3 N–H and O–H groups in total. The van der Waals surface area contributed by atoms with E-state index in [-0.39, 0.29) is 23.1 Å². The van der Waals surface area contributed by atoms with Gasteiger partial charge in [-0.3, -0.25) is 10.4 Å². The second kappa shape index (κ2) is 7.24. The predicted molar refractivity (Wildman–Crippen MR) is 111 cm³/mol. The Labute approximate surface area is 160 Å². The zero-order chi connectivity index (χ0) is 19.7. The smallest absolute Gasteiger partial charge is 0.206 e. The second-order valence-electron chi connectivity index (χ2n) is 8.59. The van der Waals surface area contributed by atoms with Gasteiger partial charge < -0.3 is 15.5 Å². The summed E-state index contributed by atoms with van der Waals surface area (Å²) in [6.45, 7) is 8.64. The summed E-state index contributed by atoms with van der Waals surface area (Å²) in [5, 5.41) is 22.1.